The van der Waals surface area contributed by atoms with Crippen molar-refractivity contribution in [3.8, 4) is 0 Å². The van der Waals surface area contributed by atoms with Crippen LogP contribution in [0.4, 0.5) is 0 Å². The fraction of sp³-hybridized carbons (Fsp3) is 0.167. The van der Waals surface area contributed by atoms with Gasteiger partial charge in [0.25, 0.3) is 0 Å². The molecule has 3 rings (SSSR count). The van der Waals surface area contributed by atoms with Gasteiger partial charge in [0.1, 0.15) is 0 Å². The lowest BCUT2D eigenvalue weighted by molar-refractivity contribution is -0.121. The lowest BCUT2D eigenvalue weighted by atomic mass is 10.1. The third kappa shape index (κ3) is 4.26. The van der Waals surface area contributed by atoms with E-state index in [1.54, 1.807) is 18.6 Å². The van der Waals surface area contributed by atoms with E-state index in [1.165, 1.54) is 0 Å². The molecule has 23 heavy (non-hydrogen) atoms. The Morgan fingerprint density at radius 3 is 2.65 bits per heavy atom. The van der Waals surface area contributed by atoms with Crippen LogP contribution in [0.5, 0.6) is 0 Å². The summed E-state index contributed by atoms with van der Waals surface area (Å²) in [6.45, 7) is 0.593. The minimum absolute atomic E-state index is 0.0287. The second kappa shape index (κ2) is 7.35. The van der Waals surface area contributed by atoms with E-state index in [2.05, 4.69) is 15.4 Å². The van der Waals surface area contributed by atoms with Crippen LogP contribution in [0, 0.1) is 0 Å². The molecule has 1 atom stereocenters. The summed E-state index contributed by atoms with van der Waals surface area (Å²) in [7, 11) is 0. The van der Waals surface area contributed by atoms with Crippen LogP contribution in [0.15, 0.2) is 73.3 Å². The first kappa shape index (κ1) is 15.0. The van der Waals surface area contributed by atoms with Crippen LogP contribution < -0.4 is 5.32 Å². The third-order valence-corrected chi connectivity index (χ3v) is 3.55. The van der Waals surface area contributed by atoms with Crippen molar-refractivity contribution in [1.29, 1.82) is 0 Å². The molecule has 1 amide bonds. The summed E-state index contributed by atoms with van der Waals surface area (Å²) < 4.78 is 1.82. The van der Waals surface area contributed by atoms with Gasteiger partial charge in [0.05, 0.1) is 19.0 Å². The van der Waals surface area contributed by atoms with Crippen molar-refractivity contribution in [1.82, 2.24) is 20.1 Å². The first-order valence-corrected chi connectivity index (χ1v) is 7.52. The largest absolute Gasteiger partial charge is 0.347 e. The van der Waals surface area contributed by atoms with Crippen LogP contribution in [0.25, 0.3) is 0 Å². The van der Waals surface area contributed by atoms with Crippen molar-refractivity contribution >= 4 is 5.91 Å². The molecule has 0 radical (unpaired) electrons. The minimum atomic E-state index is -0.125. The Labute approximate surface area is 135 Å². The average Bonchev–Trinajstić information content (AvgIpc) is 3.09. The van der Waals surface area contributed by atoms with Crippen molar-refractivity contribution in [3.63, 3.8) is 0 Å². The van der Waals surface area contributed by atoms with E-state index >= 15 is 0 Å². The van der Waals surface area contributed by atoms with Gasteiger partial charge in [-0.05, 0) is 23.3 Å². The topological polar surface area (TPSA) is 59.8 Å². The maximum atomic E-state index is 12.4. The number of hydrogen-bond donors (Lipinski definition) is 1. The van der Waals surface area contributed by atoms with Gasteiger partial charge in [0.2, 0.25) is 5.91 Å². The van der Waals surface area contributed by atoms with E-state index in [0.717, 1.165) is 11.1 Å². The zero-order valence-corrected chi connectivity index (χ0v) is 12.7. The predicted octanol–water partition coefficient (Wildman–Crippen LogP) is 2.38. The molecule has 0 aliphatic heterocycles. The Morgan fingerprint density at radius 2 is 1.96 bits per heavy atom. The van der Waals surface area contributed by atoms with Crippen LogP contribution >= 0.6 is 0 Å². The van der Waals surface area contributed by atoms with Crippen LogP contribution in [-0.2, 0) is 17.8 Å². The van der Waals surface area contributed by atoms with Gasteiger partial charge in [0.15, 0.2) is 0 Å². The van der Waals surface area contributed by atoms with Gasteiger partial charge in [-0.2, -0.15) is 5.10 Å². The maximum Gasteiger partial charge on any atom is 0.225 e. The highest BCUT2D eigenvalue weighted by molar-refractivity contribution is 5.78. The van der Waals surface area contributed by atoms with Crippen molar-refractivity contribution in [2.45, 2.75) is 19.0 Å². The van der Waals surface area contributed by atoms with Gasteiger partial charge in [-0.3, -0.25) is 14.5 Å². The van der Waals surface area contributed by atoms with Crippen molar-refractivity contribution in [2.24, 2.45) is 0 Å². The Balaban J connectivity index is 1.72. The molecule has 1 N–H and O–H groups in total. The smallest absolute Gasteiger partial charge is 0.225 e. The van der Waals surface area contributed by atoms with E-state index in [0.29, 0.717) is 13.0 Å². The summed E-state index contributed by atoms with van der Waals surface area (Å²) >= 11 is 0. The Morgan fingerprint density at radius 1 is 1.09 bits per heavy atom. The van der Waals surface area contributed by atoms with Gasteiger partial charge in [-0.1, -0.05) is 36.4 Å². The predicted molar refractivity (Wildman–Crippen MR) is 87.5 cm³/mol. The molecular weight excluding hydrogens is 288 g/mol. The molecule has 1 aromatic carbocycles. The maximum absolute atomic E-state index is 12.4. The lowest BCUT2D eigenvalue weighted by Gasteiger charge is -2.19. The molecule has 2 aromatic heterocycles. The van der Waals surface area contributed by atoms with E-state index in [-0.39, 0.29) is 11.9 Å². The second-order valence-electron chi connectivity index (χ2n) is 5.30. The van der Waals surface area contributed by atoms with Crippen molar-refractivity contribution in [2.75, 3.05) is 0 Å². The Bertz CT molecular complexity index is 726. The molecule has 0 bridgehead atoms. The fourth-order valence-corrected chi connectivity index (χ4v) is 2.45. The molecule has 116 valence electrons. The minimum Gasteiger partial charge on any atom is -0.347 e. The first-order chi connectivity index (χ1) is 11.3. The Hall–Kier alpha value is -2.95. The number of benzene rings is 1. The molecule has 0 saturated carbocycles. The molecule has 0 spiro atoms. The zero-order valence-electron chi connectivity index (χ0n) is 12.7. The van der Waals surface area contributed by atoms with E-state index in [4.69, 9.17) is 0 Å². The van der Waals surface area contributed by atoms with E-state index in [9.17, 15) is 4.79 Å². The monoisotopic (exact) mass is 306 g/mol. The van der Waals surface area contributed by atoms with Crippen LogP contribution in [0.3, 0.4) is 0 Å². The molecule has 5 heteroatoms. The summed E-state index contributed by atoms with van der Waals surface area (Å²) in [6, 6.07) is 15.4. The molecule has 0 saturated heterocycles. The molecule has 1 unspecified atom stereocenters. The van der Waals surface area contributed by atoms with E-state index < -0.39 is 0 Å². The molecule has 3 aromatic rings. The average molecular weight is 306 g/mol. The summed E-state index contributed by atoms with van der Waals surface area (Å²) in [4.78, 5) is 16.4. The van der Waals surface area contributed by atoms with Gasteiger partial charge in [0, 0.05) is 24.8 Å². The second-order valence-corrected chi connectivity index (χ2v) is 5.30. The summed E-state index contributed by atoms with van der Waals surface area (Å²) in [5.74, 6) is -0.0287. The first-order valence-electron chi connectivity index (χ1n) is 7.52. The highest BCUT2D eigenvalue weighted by Gasteiger charge is 2.15. The molecule has 0 fully saturated rings. The fourth-order valence-electron chi connectivity index (χ4n) is 2.45. The number of nitrogens with zero attached hydrogens (tertiary/aromatic N) is 3. The van der Waals surface area contributed by atoms with E-state index in [1.807, 2.05) is 59.4 Å². The number of carbonyl (C=O) groups is 1. The number of rotatable bonds is 6. The number of aromatic nitrogens is 3. The quantitative estimate of drug-likeness (QED) is 0.760. The van der Waals surface area contributed by atoms with Crippen LogP contribution in [-0.4, -0.2) is 20.7 Å². The molecule has 5 nitrogen and oxygen atoms in total. The Kier molecular flexibility index (Phi) is 4.79. The molecular formula is C18H18N4O. The number of carbonyl (C=O) groups excluding carboxylic acids is 1. The number of amides is 1. The third-order valence-electron chi connectivity index (χ3n) is 3.55. The number of pyridine rings is 1. The van der Waals surface area contributed by atoms with Gasteiger partial charge < -0.3 is 5.32 Å². The normalized spacial score (nSPS) is 11.8. The van der Waals surface area contributed by atoms with Crippen LogP contribution in [0.2, 0.25) is 0 Å². The number of nitrogens with one attached hydrogen (secondary N) is 1. The van der Waals surface area contributed by atoms with Gasteiger partial charge >= 0.3 is 0 Å². The van der Waals surface area contributed by atoms with Crippen molar-refractivity contribution in [3.05, 3.63) is 84.4 Å². The lowest BCUT2D eigenvalue weighted by Crippen LogP contribution is -2.32. The number of hydrogen-bond acceptors (Lipinski definition) is 3. The van der Waals surface area contributed by atoms with Gasteiger partial charge in [-0.15, -0.1) is 0 Å². The summed E-state index contributed by atoms with van der Waals surface area (Å²) in [5, 5.41) is 7.32. The van der Waals surface area contributed by atoms with Crippen molar-refractivity contribution < 1.29 is 4.79 Å². The zero-order chi connectivity index (χ0) is 15.9. The summed E-state index contributed by atoms with van der Waals surface area (Å²) in [5.41, 5.74) is 1.96. The summed E-state index contributed by atoms with van der Waals surface area (Å²) in [6.07, 6.45) is 7.36. The highest BCUT2D eigenvalue weighted by atomic mass is 16.1. The molecule has 0 aliphatic carbocycles. The van der Waals surface area contributed by atoms with Crippen LogP contribution in [0.1, 0.15) is 17.2 Å². The SMILES string of the molecule is O=C(Cc1cccnc1)NC(Cn1cccn1)c1ccccc1. The standard InChI is InChI=1S/C18H18N4O/c23-18(12-15-6-4-9-19-13-15)21-17(14-22-11-5-10-20-22)16-7-2-1-3-8-16/h1-11,13,17H,12,14H2,(H,21,23). The van der Waals surface area contributed by atoms with Gasteiger partial charge in [-0.25, -0.2) is 0 Å². The molecule has 0 aliphatic rings. The molecule has 2 heterocycles. The highest BCUT2D eigenvalue weighted by Crippen LogP contribution is 2.15.